The summed E-state index contributed by atoms with van der Waals surface area (Å²) in [6, 6.07) is 5.36. The smallest absolute Gasteiger partial charge is 0.176 e. The van der Waals surface area contributed by atoms with E-state index in [1.807, 2.05) is 19.2 Å². The van der Waals surface area contributed by atoms with Crippen molar-refractivity contribution in [2.45, 2.75) is 16.6 Å². The lowest BCUT2D eigenvalue weighted by molar-refractivity contribution is 0.0995. The zero-order valence-corrected chi connectivity index (χ0v) is 10.5. The molecule has 4 heteroatoms. The number of halogens is 1. The van der Waals surface area contributed by atoms with Crippen LogP contribution in [0.4, 0.5) is 5.69 Å². The number of anilines is 1. The summed E-state index contributed by atoms with van der Waals surface area (Å²) < 4.78 is 0. The van der Waals surface area contributed by atoms with Crippen molar-refractivity contribution in [3.63, 3.8) is 0 Å². The fraction of sp³-hybridized carbons (Fsp3) is 0.300. The second-order valence-corrected chi connectivity index (χ2v) is 5.16. The Morgan fingerprint density at radius 3 is 2.71 bits per heavy atom. The van der Waals surface area contributed by atoms with Crippen molar-refractivity contribution < 1.29 is 4.79 Å². The lowest BCUT2D eigenvalue weighted by atomic mass is 10.1. The highest BCUT2D eigenvalue weighted by atomic mass is 79.9. The van der Waals surface area contributed by atoms with Crippen molar-refractivity contribution in [2.24, 2.45) is 0 Å². The number of rotatable bonds is 3. The summed E-state index contributed by atoms with van der Waals surface area (Å²) in [7, 11) is 0. The summed E-state index contributed by atoms with van der Waals surface area (Å²) in [4.78, 5) is 12.4. The van der Waals surface area contributed by atoms with Gasteiger partial charge in [-0.25, -0.2) is 0 Å². The first-order chi connectivity index (χ1) is 6.56. The van der Waals surface area contributed by atoms with Gasteiger partial charge in [0.25, 0.3) is 0 Å². The van der Waals surface area contributed by atoms with Crippen LogP contribution in [0.25, 0.3) is 0 Å². The average molecular weight is 274 g/mol. The normalized spacial score (nSPS) is 12.5. The summed E-state index contributed by atoms with van der Waals surface area (Å²) in [5.41, 5.74) is 7.15. The predicted octanol–water partition coefficient (Wildman–Crippen LogP) is 2.96. The monoisotopic (exact) mass is 273 g/mol. The van der Waals surface area contributed by atoms with Gasteiger partial charge in [0.2, 0.25) is 0 Å². The molecule has 0 fully saturated rings. The SMILES string of the molecule is CSc1cc(C(=O)C(C)Br)ccc1N. The Hall–Kier alpha value is -0.480. The maximum atomic E-state index is 11.6. The summed E-state index contributed by atoms with van der Waals surface area (Å²) in [6.45, 7) is 1.82. The number of carbonyl (C=O) groups excluding carboxylic acids is 1. The molecule has 0 amide bonds. The predicted molar refractivity (Wildman–Crippen MR) is 65.4 cm³/mol. The van der Waals surface area contributed by atoms with Gasteiger partial charge >= 0.3 is 0 Å². The molecule has 14 heavy (non-hydrogen) atoms. The van der Waals surface area contributed by atoms with E-state index in [4.69, 9.17) is 5.73 Å². The van der Waals surface area contributed by atoms with Crippen molar-refractivity contribution in [2.75, 3.05) is 12.0 Å². The highest BCUT2D eigenvalue weighted by molar-refractivity contribution is 9.10. The second-order valence-electron chi connectivity index (χ2n) is 2.94. The minimum Gasteiger partial charge on any atom is -0.398 e. The maximum absolute atomic E-state index is 11.6. The summed E-state index contributed by atoms with van der Waals surface area (Å²) in [5, 5.41) is 0. The minimum atomic E-state index is -0.152. The standard InChI is InChI=1S/C10H12BrNOS/c1-6(11)10(13)7-3-4-8(12)9(5-7)14-2/h3-6H,12H2,1-2H3. The van der Waals surface area contributed by atoms with Crippen LogP contribution in [0.2, 0.25) is 0 Å². The van der Waals surface area contributed by atoms with Crippen LogP contribution in [0.5, 0.6) is 0 Å². The first kappa shape index (κ1) is 11.6. The molecule has 1 atom stereocenters. The third-order valence-electron chi connectivity index (χ3n) is 1.88. The van der Waals surface area contributed by atoms with E-state index < -0.39 is 0 Å². The minimum absolute atomic E-state index is 0.0836. The molecule has 0 spiro atoms. The molecular weight excluding hydrogens is 262 g/mol. The van der Waals surface area contributed by atoms with Crippen molar-refractivity contribution in [1.82, 2.24) is 0 Å². The molecule has 0 saturated carbocycles. The van der Waals surface area contributed by atoms with Crippen molar-refractivity contribution >= 4 is 39.2 Å². The van der Waals surface area contributed by atoms with Gasteiger partial charge in [-0.3, -0.25) is 4.79 Å². The van der Waals surface area contributed by atoms with Crippen LogP contribution in [0.1, 0.15) is 17.3 Å². The first-order valence-electron chi connectivity index (χ1n) is 4.18. The Bertz CT molecular complexity index is 352. The number of nitrogen functional groups attached to an aromatic ring is 1. The highest BCUT2D eigenvalue weighted by Crippen LogP contribution is 2.24. The summed E-state index contributed by atoms with van der Waals surface area (Å²) >= 11 is 4.80. The number of hydrogen-bond donors (Lipinski definition) is 1. The van der Waals surface area contributed by atoms with Crippen LogP contribution in [-0.4, -0.2) is 16.9 Å². The zero-order valence-electron chi connectivity index (χ0n) is 8.08. The number of ketones is 1. The Labute approximate surface area is 96.4 Å². The van der Waals surface area contributed by atoms with E-state index in [2.05, 4.69) is 15.9 Å². The number of carbonyl (C=O) groups is 1. The molecule has 0 aliphatic heterocycles. The fourth-order valence-electron chi connectivity index (χ4n) is 1.09. The molecule has 76 valence electrons. The molecule has 2 nitrogen and oxygen atoms in total. The third-order valence-corrected chi connectivity index (χ3v) is 3.09. The van der Waals surface area contributed by atoms with Gasteiger partial charge < -0.3 is 5.73 Å². The average Bonchev–Trinajstić information content (AvgIpc) is 2.17. The molecule has 1 aromatic carbocycles. The van der Waals surface area contributed by atoms with Crippen LogP contribution >= 0.6 is 27.7 Å². The number of benzene rings is 1. The largest absolute Gasteiger partial charge is 0.398 e. The Kier molecular flexibility index (Phi) is 4.01. The molecular formula is C10H12BrNOS. The van der Waals surface area contributed by atoms with Crippen LogP contribution < -0.4 is 5.73 Å². The molecule has 0 aliphatic carbocycles. The van der Waals surface area contributed by atoms with Gasteiger partial charge in [0.1, 0.15) is 0 Å². The zero-order chi connectivity index (χ0) is 10.7. The summed E-state index contributed by atoms with van der Waals surface area (Å²) in [6.07, 6.45) is 1.94. The number of alkyl halides is 1. The van der Waals surface area contributed by atoms with Crippen LogP contribution in [0.15, 0.2) is 23.1 Å². The van der Waals surface area contributed by atoms with E-state index >= 15 is 0 Å². The van der Waals surface area contributed by atoms with Gasteiger partial charge in [0.15, 0.2) is 5.78 Å². The van der Waals surface area contributed by atoms with E-state index in [1.165, 1.54) is 0 Å². The third kappa shape index (κ3) is 2.51. The van der Waals surface area contributed by atoms with Crippen molar-refractivity contribution in [1.29, 1.82) is 0 Å². The highest BCUT2D eigenvalue weighted by Gasteiger charge is 2.12. The lowest BCUT2D eigenvalue weighted by Crippen LogP contribution is -2.10. The topological polar surface area (TPSA) is 43.1 Å². The fourth-order valence-corrected chi connectivity index (χ4v) is 1.91. The lowest BCUT2D eigenvalue weighted by Gasteiger charge is -2.06. The summed E-state index contributed by atoms with van der Waals surface area (Å²) in [5.74, 6) is 0.0836. The van der Waals surface area contributed by atoms with Crippen molar-refractivity contribution in [3.05, 3.63) is 23.8 Å². The van der Waals surface area contributed by atoms with Gasteiger partial charge in [-0.2, -0.15) is 0 Å². The molecule has 0 heterocycles. The molecule has 0 radical (unpaired) electrons. The number of nitrogens with two attached hydrogens (primary N) is 1. The molecule has 1 rings (SSSR count). The van der Waals surface area contributed by atoms with Crippen molar-refractivity contribution in [3.8, 4) is 0 Å². The Balaban J connectivity index is 3.06. The molecule has 0 bridgehead atoms. The molecule has 1 aromatic rings. The van der Waals surface area contributed by atoms with E-state index in [9.17, 15) is 4.79 Å². The molecule has 0 saturated heterocycles. The molecule has 1 unspecified atom stereocenters. The van der Waals surface area contributed by atoms with E-state index in [0.717, 1.165) is 10.6 Å². The van der Waals surface area contributed by atoms with Gasteiger partial charge in [-0.1, -0.05) is 15.9 Å². The first-order valence-corrected chi connectivity index (χ1v) is 6.32. The van der Waals surface area contributed by atoms with E-state index in [1.54, 1.807) is 23.9 Å². The molecule has 0 aromatic heterocycles. The number of Topliss-reactive ketones (excluding diaryl/α,β-unsaturated/α-hetero) is 1. The van der Waals surface area contributed by atoms with Crippen LogP contribution in [0, 0.1) is 0 Å². The van der Waals surface area contributed by atoms with Gasteiger partial charge in [-0.05, 0) is 31.4 Å². The quantitative estimate of drug-likeness (QED) is 0.399. The second kappa shape index (κ2) is 4.84. The van der Waals surface area contributed by atoms with Crippen LogP contribution in [0.3, 0.4) is 0 Å². The molecule has 0 aliphatic rings. The number of hydrogen-bond acceptors (Lipinski definition) is 3. The Morgan fingerprint density at radius 2 is 2.21 bits per heavy atom. The molecule has 2 N–H and O–H groups in total. The van der Waals surface area contributed by atoms with Gasteiger partial charge in [0, 0.05) is 16.1 Å². The Morgan fingerprint density at radius 1 is 1.57 bits per heavy atom. The van der Waals surface area contributed by atoms with Crippen LogP contribution in [-0.2, 0) is 0 Å². The van der Waals surface area contributed by atoms with E-state index in [0.29, 0.717) is 5.56 Å². The van der Waals surface area contributed by atoms with Gasteiger partial charge in [-0.15, -0.1) is 11.8 Å². The van der Waals surface area contributed by atoms with Gasteiger partial charge in [0.05, 0.1) is 4.83 Å². The van der Waals surface area contributed by atoms with E-state index in [-0.39, 0.29) is 10.6 Å². The maximum Gasteiger partial charge on any atom is 0.176 e. The number of thioether (sulfide) groups is 1.